The largest absolute Gasteiger partial charge is 0.343 e. The average molecular weight is 397 g/mol. The van der Waals surface area contributed by atoms with Gasteiger partial charge in [-0.3, -0.25) is 4.90 Å². The highest BCUT2D eigenvalue weighted by atomic mass is 15.3. The molecule has 1 N–H and O–H groups in total. The number of aromatic nitrogens is 4. The van der Waals surface area contributed by atoms with Crippen LogP contribution in [-0.2, 0) is 6.54 Å². The number of nitrogens with zero attached hydrogens (tertiary/aromatic N) is 5. The van der Waals surface area contributed by atoms with Gasteiger partial charge < -0.3 is 5.32 Å². The van der Waals surface area contributed by atoms with Gasteiger partial charge in [-0.1, -0.05) is 19.3 Å². The molecule has 158 valence electrons. The molecule has 4 rings (SSSR count). The summed E-state index contributed by atoms with van der Waals surface area (Å²) in [5.74, 6) is 1.60. The molecule has 0 aliphatic heterocycles. The Morgan fingerprint density at radius 1 is 1.10 bits per heavy atom. The maximum atomic E-state index is 4.66. The summed E-state index contributed by atoms with van der Waals surface area (Å²) >= 11 is 0. The van der Waals surface area contributed by atoms with Gasteiger partial charge in [0.2, 0.25) is 0 Å². The highest BCUT2D eigenvalue weighted by molar-refractivity contribution is 5.86. The fraction of sp³-hybridized carbons (Fsp3) is 0.696. The lowest BCUT2D eigenvalue weighted by Crippen LogP contribution is -2.39. The van der Waals surface area contributed by atoms with E-state index in [0.29, 0.717) is 18.0 Å². The smallest absolute Gasteiger partial charge is 0.163 e. The Morgan fingerprint density at radius 3 is 2.48 bits per heavy atom. The van der Waals surface area contributed by atoms with Gasteiger partial charge in [-0.2, -0.15) is 5.10 Å². The van der Waals surface area contributed by atoms with E-state index < -0.39 is 0 Å². The van der Waals surface area contributed by atoms with Crippen molar-refractivity contribution in [2.75, 3.05) is 11.9 Å². The lowest BCUT2D eigenvalue weighted by Gasteiger charge is -2.30. The Bertz CT molecular complexity index is 845. The van der Waals surface area contributed by atoms with Crippen LogP contribution in [0.3, 0.4) is 0 Å². The molecule has 0 amide bonds. The van der Waals surface area contributed by atoms with Crippen LogP contribution >= 0.6 is 0 Å². The van der Waals surface area contributed by atoms with E-state index in [-0.39, 0.29) is 0 Å². The number of hydrogen-bond acceptors (Lipinski definition) is 5. The number of allylic oxidation sites excluding steroid dienone is 2. The van der Waals surface area contributed by atoms with Gasteiger partial charge in [0.05, 0.1) is 18.1 Å². The van der Waals surface area contributed by atoms with E-state index >= 15 is 0 Å². The average Bonchev–Trinajstić information content (AvgIpc) is 3.46. The highest BCUT2D eigenvalue weighted by Crippen LogP contribution is 2.40. The van der Waals surface area contributed by atoms with Gasteiger partial charge in [-0.25, -0.2) is 14.6 Å². The van der Waals surface area contributed by atoms with Gasteiger partial charge in [-0.15, -0.1) is 0 Å². The Balaban J connectivity index is 1.54. The summed E-state index contributed by atoms with van der Waals surface area (Å²) in [6.07, 6.45) is 12.8. The number of hydrogen-bond donors (Lipinski definition) is 1. The van der Waals surface area contributed by atoms with Crippen LogP contribution in [0, 0.1) is 5.92 Å². The topological polar surface area (TPSA) is 58.9 Å². The van der Waals surface area contributed by atoms with Crippen molar-refractivity contribution >= 4 is 16.9 Å². The molecule has 2 heterocycles. The molecule has 2 aliphatic rings. The summed E-state index contributed by atoms with van der Waals surface area (Å²) in [5, 5.41) is 9.42. The number of nitrogens with one attached hydrogen (secondary N) is 1. The van der Waals surface area contributed by atoms with Crippen molar-refractivity contribution in [1.29, 1.82) is 0 Å². The monoisotopic (exact) mass is 396 g/mol. The molecule has 0 atom stereocenters. The van der Waals surface area contributed by atoms with E-state index in [1.165, 1.54) is 50.6 Å². The Labute approximate surface area is 174 Å². The van der Waals surface area contributed by atoms with Gasteiger partial charge in [0.15, 0.2) is 5.65 Å². The molecule has 2 fully saturated rings. The van der Waals surface area contributed by atoms with E-state index in [9.17, 15) is 0 Å². The summed E-state index contributed by atoms with van der Waals surface area (Å²) < 4.78 is 2.03. The van der Waals surface area contributed by atoms with Gasteiger partial charge in [0, 0.05) is 24.3 Å². The first kappa shape index (κ1) is 20.3. The van der Waals surface area contributed by atoms with Crippen LogP contribution in [0.15, 0.2) is 23.8 Å². The molecule has 6 heteroatoms. The first-order valence-electron chi connectivity index (χ1n) is 11.5. The van der Waals surface area contributed by atoms with Gasteiger partial charge in [0.1, 0.15) is 12.1 Å². The lowest BCUT2D eigenvalue weighted by molar-refractivity contribution is 0.167. The van der Waals surface area contributed by atoms with E-state index in [1.807, 2.05) is 10.9 Å². The minimum Gasteiger partial charge on any atom is -0.343 e. The zero-order chi connectivity index (χ0) is 20.4. The third kappa shape index (κ3) is 4.63. The van der Waals surface area contributed by atoms with Crippen molar-refractivity contribution < 1.29 is 0 Å². The summed E-state index contributed by atoms with van der Waals surface area (Å²) in [4.78, 5) is 11.7. The highest BCUT2D eigenvalue weighted by Gasteiger charge is 2.27. The Kier molecular flexibility index (Phi) is 6.18. The fourth-order valence-corrected chi connectivity index (χ4v) is 4.81. The molecule has 6 nitrogen and oxygen atoms in total. The zero-order valence-corrected chi connectivity index (χ0v) is 18.5. The molecule has 2 aliphatic carbocycles. The molecule has 2 aromatic heterocycles. The van der Waals surface area contributed by atoms with Gasteiger partial charge in [0.25, 0.3) is 0 Å². The fourth-order valence-electron chi connectivity index (χ4n) is 4.81. The van der Waals surface area contributed by atoms with E-state index in [0.717, 1.165) is 29.9 Å². The zero-order valence-electron chi connectivity index (χ0n) is 18.5. The van der Waals surface area contributed by atoms with Crippen LogP contribution in [0.5, 0.6) is 0 Å². The second-order valence-electron chi connectivity index (χ2n) is 9.23. The van der Waals surface area contributed by atoms with Crippen molar-refractivity contribution in [2.24, 2.45) is 5.92 Å². The maximum absolute atomic E-state index is 4.66. The molecule has 29 heavy (non-hydrogen) atoms. The minimum atomic E-state index is 0.520. The van der Waals surface area contributed by atoms with Crippen molar-refractivity contribution in [3.63, 3.8) is 0 Å². The summed E-state index contributed by atoms with van der Waals surface area (Å²) in [6.45, 7) is 10.8. The van der Waals surface area contributed by atoms with E-state index in [4.69, 9.17) is 0 Å². The molecule has 0 aromatic carbocycles. The lowest BCUT2D eigenvalue weighted by atomic mass is 9.86. The molecular formula is C23H36N6. The Morgan fingerprint density at radius 2 is 1.83 bits per heavy atom. The SMILES string of the molecule is CC(C)N(CCn1ncc2c(NC(=C3CC3)C3CCCCC3)ncnc21)C(C)C. The third-order valence-electron chi connectivity index (χ3n) is 6.48. The molecule has 2 aromatic rings. The van der Waals surface area contributed by atoms with Crippen molar-refractivity contribution in [2.45, 2.75) is 91.3 Å². The van der Waals surface area contributed by atoms with Crippen molar-refractivity contribution in [3.05, 3.63) is 23.8 Å². The van der Waals surface area contributed by atoms with E-state index in [1.54, 1.807) is 11.9 Å². The van der Waals surface area contributed by atoms with E-state index in [2.05, 4.69) is 53.0 Å². The molecule has 2 saturated carbocycles. The van der Waals surface area contributed by atoms with Crippen LogP contribution in [-0.4, -0.2) is 43.3 Å². The van der Waals surface area contributed by atoms with Crippen LogP contribution < -0.4 is 5.32 Å². The predicted molar refractivity (Wildman–Crippen MR) is 119 cm³/mol. The second-order valence-corrected chi connectivity index (χ2v) is 9.23. The normalized spacial score (nSPS) is 17.7. The molecule has 0 unspecified atom stereocenters. The second kappa shape index (κ2) is 8.82. The van der Waals surface area contributed by atoms with Gasteiger partial charge in [-0.05, 0) is 64.9 Å². The molecule has 0 bridgehead atoms. The van der Waals surface area contributed by atoms with Crippen molar-refractivity contribution in [1.82, 2.24) is 24.6 Å². The first-order chi connectivity index (χ1) is 14.0. The number of anilines is 1. The standard InChI is InChI=1S/C23H36N6/c1-16(2)28(17(3)4)12-13-29-23-20(14-26-29)22(24-15-25-23)27-21(19-10-11-19)18-8-6-5-7-9-18/h14-18H,5-13H2,1-4H3,(H,24,25,27). The van der Waals surface area contributed by atoms with Crippen LogP contribution in [0.1, 0.15) is 72.6 Å². The summed E-state index contributed by atoms with van der Waals surface area (Å²) in [5.41, 5.74) is 3.97. The number of fused-ring (bicyclic) bond motifs is 1. The Hall–Kier alpha value is -1.95. The summed E-state index contributed by atoms with van der Waals surface area (Å²) in [7, 11) is 0. The van der Waals surface area contributed by atoms with Crippen LogP contribution in [0.2, 0.25) is 0 Å². The van der Waals surface area contributed by atoms with Crippen LogP contribution in [0.4, 0.5) is 5.82 Å². The maximum Gasteiger partial charge on any atom is 0.163 e. The van der Waals surface area contributed by atoms with Gasteiger partial charge >= 0.3 is 0 Å². The van der Waals surface area contributed by atoms with Crippen molar-refractivity contribution in [3.8, 4) is 0 Å². The molecular weight excluding hydrogens is 360 g/mol. The number of rotatable bonds is 8. The molecule has 0 radical (unpaired) electrons. The predicted octanol–water partition coefficient (Wildman–Crippen LogP) is 4.99. The minimum absolute atomic E-state index is 0.520. The first-order valence-corrected chi connectivity index (χ1v) is 11.5. The quantitative estimate of drug-likeness (QED) is 0.681. The molecule has 0 spiro atoms. The summed E-state index contributed by atoms with van der Waals surface area (Å²) in [6, 6.07) is 1.04. The van der Waals surface area contributed by atoms with Crippen LogP contribution in [0.25, 0.3) is 11.0 Å². The molecule has 0 saturated heterocycles. The third-order valence-corrected chi connectivity index (χ3v) is 6.48.